The summed E-state index contributed by atoms with van der Waals surface area (Å²) in [5.74, 6) is -0.716. The predicted octanol–water partition coefficient (Wildman–Crippen LogP) is 1.44. The fourth-order valence-corrected chi connectivity index (χ4v) is 2.24. The number of carboxylic acid groups (broad SMARTS) is 1. The third kappa shape index (κ3) is 2.73. The first-order valence-electron chi connectivity index (χ1n) is 6.05. The third-order valence-electron chi connectivity index (χ3n) is 3.14. The van der Waals surface area contributed by atoms with E-state index < -0.39 is 5.97 Å². The van der Waals surface area contributed by atoms with Gasteiger partial charge >= 0.3 is 5.97 Å². The number of anilines is 1. The van der Waals surface area contributed by atoms with E-state index in [9.17, 15) is 4.79 Å². The zero-order valence-corrected chi connectivity index (χ0v) is 10.4. The zero-order valence-electron chi connectivity index (χ0n) is 10.4. The Morgan fingerprint density at radius 3 is 3.00 bits per heavy atom. The second-order valence-electron chi connectivity index (χ2n) is 4.67. The number of carboxylic acids is 1. The van der Waals surface area contributed by atoms with Crippen molar-refractivity contribution in [1.82, 2.24) is 4.90 Å². The quantitative estimate of drug-likeness (QED) is 0.794. The highest BCUT2D eigenvalue weighted by Gasteiger charge is 2.22. The van der Waals surface area contributed by atoms with E-state index in [0.29, 0.717) is 11.4 Å². The van der Waals surface area contributed by atoms with Gasteiger partial charge in [-0.2, -0.15) is 0 Å². The molecule has 0 aromatic heterocycles. The zero-order chi connectivity index (χ0) is 13.1. The normalized spacial score (nSPS) is 20.6. The number of likely N-dealkylation sites (tertiary alicyclic amines) is 1. The molecule has 0 aliphatic carbocycles. The monoisotopic (exact) mass is 250 g/mol. The number of para-hydroxylation sites is 1. The van der Waals surface area contributed by atoms with E-state index in [1.807, 2.05) is 7.05 Å². The summed E-state index contributed by atoms with van der Waals surface area (Å²) in [6.45, 7) is 1.85. The Morgan fingerprint density at radius 1 is 1.56 bits per heavy atom. The first-order chi connectivity index (χ1) is 8.58. The number of hydrogen-bond donors (Lipinski definition) is 2. The molecule has 1 aliphatic heterocycles. The van der Waals surface area contributed by atoms with Crippen LogP contribution in [0.1, 0.15) is 23.2 Å². The SMILES string of the molecule is CN1CCCC(Oc2c(N)cccc2C(=O)O)C1. The Labute approximate surface area is 106 Å². The summed E-state index contributed by atoms with van der Waals surface area (Å²) in [7, 11) is 2.03. The van der Waals surface area contributed by atoms with E-state index >= 15 is 0 Å². The summed E-state index contributed by atoms with van der Waals surface area (Å²) in [5.41, 5.74) is 6.31. The summed E-state index contributed by atoms with van der Waals surface area (Å²) in [4.78, 5) is 13.3. The van der Waals surface area contributed by atoms with Gasteiger partial charge in [0.1, 0.15) is 11.7 Å². The molecule has 3 N–H and O–H groups in total. The molecule has 98 valence electrons. The number of aromatic carboxylic acids is 1. The third-order valence-corrected chi connectivity index (χ3v) is 3.14. The Hall–Kier alpha value is -1.75. The fourth-order valence-electron chi connectivity index (χ4n) is 2.24. The van der Waals surface area contributed by atoms with Gasteiger partial charge in [-0.15, -0.1) is 0 Å². The molecule has 0 saturated carbocycles. The van der Waals surface area contributed by atoms with E-state index in [0.717, 1.165) is 25.9 Å². The van der Waals surface area contributed by atoms with Gasteiger partial charge in [0.2, 0.25) is 0 Å². The van der Waals surface area contributed by atoms with Crippen molar-refractivity contribution in [2.45, 2.75) is 18.9 Å². The van der Waals surface area contributed by atoms with E-state index in [2.05, 4.69) is 4.90 Å². The van der Waals surface area contributed by atoms with E-state index in [4.69, 9.17) is 15.6 Å². The minimum Gasteiger partial charge on any atom is -0.486 e. The van der Waals surface area contributed by atoms with Crippen molar-refractivity contribution in [3.63, 3.8) is 0 Å². The van der Waals surface area contributed by atoms with Crippen LogP contribution in [0, 0.1) is 0 Å². The smallest absolute Gasteiger partial charge is 0.339 e. The van der Waals surface area contributed by atoms with Crippen molar-refractivity contribution in [3.05, 3.63) is 23.8 Å². The molecule has 1 fully saturated rings. The molecule has 5 nitrogen and oxygen atoms in total. The van der Waals surface area contributed by atoms with Crippen LogP contribution in [0.3, 0.4) is 0 Å². The summed E-state index contributed by atoms with van der Waals surface area (Å²) < 4.78 is 5.80. The number of rotatable bonds is 3. The van der Waals surface area contributed by atoms with E-state index in [1.165, 1.54) is 6.07 Å². The fraction of sp³-hybridized carbons (Fsp3) is 0.462. The van der Waals surface area contributed by atoms with Crippen LogP contribution in [0.5, 0.6) is 5.75 Å². The van der Waals surface area contributed by atoms with Gasteiger partial charge in [-0.05, 0) is 38.6 Å². The van der Waals surface area contributed by atoms with Gasteiger partial charge in [0.15, 0.2) is 5.75 Å². The number of nitrogens with zero attached hydrogens (tertiary/aromatic N) is 1. The number of piperidine rings is 1. The maximum Gasteiger partial charge on any atom is 0.339 e. The van der Waals surface area contributed by atoms with Crippen LogP contribution in [-0.2, 0) is 0 Å². The number of likely N-dealkylation sites (N-methyl/N-ethyl adjacent to an activating group) is 1. The topological polar surface area (TPSA) is 75.8 Å². The Kier molecular flexibility index (Phi) is 3.72. The van der Waals surface area contributed by atoms with Crippen LogP contribution in [0.25, 0.3) is 0 Å². The maximum atomic E-state index is 11.1. The Bertz CT molecular complexity index is 448. The summed E-state index contributed by atoms with van der Waals surface area (Å²) in [6, 6.07) is 4.80. The number of ether oxygens (including phenoxy) is 1. The molecule has 1 aromatic rings. The van der Waals surface area contributed by atoms with Gasteiger partial charge < -0.3 is 20.5 Å². The average molecular weight is 250 g/mol. The molecule has 1 saturated heterocycles. The van der Waals surface area contributed by atoms with Crippen molar-refractivity contribution in [1.29, 1.82) is 0 Å². The van der Waals surface area contributed by atoms with Crippen LogP contribution in [-0.4, -0.2) is 42.2 Å². The molecule has 1 aromatic carbocycles. The molecule has 1 unspecified atom stereocenters. The van der Waals surface area contributed by atoms with Crippen molar-refractivity contribution < 1.29 is 14.6 Å². The van der Waals surface area contributed by atoms with Crippen LogP contribution in [0.4, 0.5) is 5.69 Å². The lowest BCUT2D eigenvalue weighted by Crippen LogP contribution is -2.38. The predicted molar refractivity (Wildman–Crippen MR) is 69.0 cm³/mol. The maximum absolute atomic E-state index is 11.1. The largest absolute Gasteiger partial charge is 0.486 e. The summed E-state index contributed by atoms with van der Waals surface area (Å²) in [5, 5.41) is 9.13. The molecule has 18 heavy (non-hydrogen) atoms. The minimum atomic E-state index is -1.01. The van der Waals surface area contributed by atoms with Crippen molar-refractivity contribution in [3.8, 4) is 5.75 Å². The molecular weight excluding hydrogens is 232 g/mol. The van der Waals surface area contributed by atoms with Crippen LogP contribution in [0.15, 0.2) is 18.2 Å². The lowest BCUT2D eigenvalue weighted by atomic mass is 10.1. The molecule has 1 atom stereocenters. The highest BCUT2D eigenvalue weighted by molar-refractivity contribution is 5.93. The Morgan fingerprint density at radius 2 is 2.33 bits per heavy atom. The van der Waals surface area contributed by atoms with Crippen molar-refractivity contribution >= 4 is 11.7 Å². The number of hydrogen-bond acceptors (Lipinski definition) is 4. The van der Waals surface area contributed by atoms with Crippen LogP contribution >= 0.6 is 0 Å². The number of benzene rings is 1. The molecule has 0 bridgehead atoms. The molecule has 1 aliphatic rings. The van der Waals surface area contributed by atoms with Gasteiger partial charge in [-0.25, -0.2) is 4.79 Å². The molecule has 2 rings (SSSR count). The van der Waals surface area contributed by atoms with Gasteiger partial charge in [0, 0.05) is 6.54 Å². The van der Waals surface area contributed by atoms with Crippen LogP contribution in [0.2, 0.25) is 0 Å². The van der Waals surface area contributed by atoms with Crippen molar-refractivity contribution in [2.24, 2.45) is 0 Å². The number of nitrogens with two attached hydrogens (primary N) is 1. The number of carbonyl (C=O) groups is 1. The van der Waals surface area contributed by atoms with E-state index in [-0.39, 0.29) is 11.7 Å². The number of nitrogen functional groups attached to an aromatic ring is 1. The lowest BCUT2D eigenvalue weighted by molar-refractivity contribution is 0.0678. The van der Waals surface area contributed by atoms with Gasteiger partial charge in [-0.3, -0.25) is 0 Å². The lowest BCUT2D eigenvalue weighted by Gasteiger charge is -2.30. The minimum absolute atomic E-state index is 0.00606. The first kappa shape index (κ1) is 12.7. The molecule has 1 heterocycles. The average Bonchev–Trinajstić information content (AvgIpc) is 2.31. The first-order valence-corrected chi connectivity index (χ1v) is 6.05. The second-order valence-corrected chi connectivity index (χ2v) is 4.67. The standard InChI is InChI=1S/C13H18N2O3/c1-15-7-3-4-9(8-15)18-12-10(13(16)17)5-2-6-11(12)14/h2,5-6,9H,3-4,7-8,14H2,1H3,(H,16,17). The molecular formula is C13H18N2O3. The summed E-state index contributed by atoms with van der Waals surface area (Å²) in [6.07, 6.45) is 1.99. The van der Waals surface area contributed by atoms with Crippen LogP contribution < -0.4 is 10.5 Å². The second kappa shape index (κ2) is 5.27. The molecule has 0 radical (unpaired) electrons. The summed E-state index contributed by atoms with van der Waals surface area (Å²) >= 11 is 0. The van der Waals surface area contributed by atoms with E-state index in [1.54, 1.807) is 12.1 Å². The molecule has 0 amide bonds. The molecule has 0 spiro atoms. The van der Waals surface area contributed by atoms with Gasteiger partial charge in [0.25, 0.3) is 0 Å². The molecule has 5 heteroatoms. The van der Waals surface area contributed by atoms with Gasteiger partial charge in [0.05, 0.1) is 5.69 Å². The van der Waals surface area contributed by atoms with Gasteiger partial charge in [-0.1, -0.05) is 6.07 Å². The highest BCUT2D eigenvalue weighted by Crippen LogP contribution is 2.29. The highest BCUT2D eigenvalue weighted by atomic mass is 16.5. The van der Waals surface area contributed by atoms with Crippen molar-refractivity contribution in [2.75, 3.05) is 25.9 Å². The Balaban J connectivity index is 2.20.